The highest BCUT2D eigenvalue weighted by molar-refractivity contribution is 5.89. The monoisotopic (exact) mass is 261 g/mol. The van der Waals surface area contributed by atoms with E-state index >= 15 is 0 Å². The number of carbonyl (C=O) groups is 1. The van der Waals surface area contributed by atoms with Crippen molar-refractivity contribution in [3.63, 3.8) is 0 Å². The van der Waals surface area contributed by atoms with E-state index in [-0.39, 0.29) is 6.09 Å². The second-order valence-corrected chi connectivity index (χ2v) is 5.06. The quantitative estimate of drug-likeness (QED) is 0.745. The Morgan fingerprint density at radius 2 is 2.11 bits per heavy atom. The zero-order valence-electron chi connectivity index (χ0n) is 11.7. The van der Waals surface area contributed by atoms with E-state index in [2.05, 4.69) is 13.0 Å². The van der Waals surface area contributed by atoms with Gasteiger partial charge in [0.15, 0.2) is 0 Å². The van der Waals surface area contributed by atoms with E-state index in [1.807, 2.05) is 18.2 Å². The molecule has 0 radical (unpaired) electrons. The van der Waals surface area contributed by atoms with Gasteiger partial charge in [-0.05, 0) is 30.9 Å². The van der Waals surface area contributed by atoms with E-state index in [0.717, 1.165) is 37.9 Å². The number of ether oxygens (including phenoxy) is 1. The Hall–Kier alpha value is -1.51. The maximum absolute atomic E-state index is 12.1. The van der Waals surface area contributed by atoms with Crippen molar-refractivity contribution in [1.82, 2.24) is 0 Å². The van der Waals surface area contributed by atoms with Crippen LogP contribution in [0, 0.1) is 0 Å². The molecule has 0 aromatic heterocycles. The van der Waals surface area contributed by atoms with Crippen molar-refractivity contribution >= 4 is 11.8 Å². The molecule has 0 bridgehead atoms. The number of unbranched alkanes of at least 4 members (excludes halogenated alkanes) is 3. The molecule has 1 aliphatic heterocycles. The standard InChI is InChI=1S/C16H23NO2/c1-2-3-4-7-13-19-16(18)17-12-8-10-14-9-5-6-11-15(14)17/h5-6,9,11H,2-4,7-8,10,12-13H2,1H3. The van der Waals surface area contributed by atoms with Crippen LogP contribution in [-0.4, -0.2) is 19.2 Å². The third kappa shape index (κ3) is 3.72. The van der Waals surface area contributed by atoms with Crippen molar-refractivity contribution in [2.45, 2.75) is 45.4 Å². The second kappa shape index (κ2) is 7.17. The number of amides is 1. The average Bonchev–Trinajstić information content (AvgIpc) is 2.46. The molecule has 0 unspecified atom stereocenters. The van der Waals surface area contributed by atoms with Gasteiger partial charge >= 0.3 is 6.09 Å². The maximum Gasteiger partial charge on any atom is 0.414 e. The number of benzene rings is 1. The molecule has 3 heteroatoms. The highest BCUT2D eigenvalue weighted by Gasteiger charge is 2.22. The van der Waals surface area contributed by atoms with Crippen LogP contribution < -0.4 is 4.90 Å². The van der Waals surface area contributed by atoms with E-state index < -0.39 is 0 Å². The Bertz CT molecular complexity index is 417. The fourth-order valence-electron chi connectivity index (χ4n) is 2.49. The maximum atomic E-state index is 12.1. The zero-order chi connectivity index (χ0) is 13.5. The molecule has 1 aromatic carbocycles. The first kappa shape index (κ1) is 13.9. The summed E-state index contributed by atoms with van der Waals surface area (Å²) in [5.74, 6) is 0. The summed E-state index contributed by atoms with van der Waals surface area (Å²) in [4.78, 5) is 13.9. The number of aryl methyl sites for hydroxylation is 1. The van der Waals surface area contributed by atoms with Crippen molar-refractivity contribution in [3.05, 3.63) is 29.8 Å². The first-order chi connectivity index (χ1) is 9.33. The Labute approximate surface area is 115 Å². The van der Waals surface area contributed by atoms with Crippen molar-refractivity contribution in [2.24, 2.45) is 0 Å². The van der Waals surface area contributed by atoms with Crippen LogP contribution >= 0.6 is 0 Å². The van der Waals surface area contributed by atoms with Crippen LogP contribution in [-0.2, 0) is 11.2 Å². The summed E-state index contributed by atoms with van der Waals surface area (Å²) in [6.07, 6.45) is 6.40. The molecule has 2 rings (SSSR count). The highest BCUT2D eigenvalue weighted by atomic mass is 16.6. The third-order valence-corrected chi connectivity index (χ3v) is 3.55. The predicted octanol–water partition coefficient (Wildman–Crippen LogP) is 4.16. The van der Waals surface area contributed by atoms with Crippen LogP contribution in [0.1, 0.15) is 44.6 Å². The summed E-state index contributed by atoms with van der Waals surface area (Å²) < 4.78 is 5.37. The number of anilines is 1. The lowest BCUT2D eigenvalue weighted by Crippen LogP contribution is -2.36. The van der Waals surface area contributed by atoms with Crippen LogP contribution in [0.2, 0.25) is 0 Å². The lowest BCUT2D eigenvalue weighted by Gasteiger charge is -2.28. The molecule has 3 nitrogen and oxygen atoms in total. The number of para-hydroxylation sites is 1. The van der Waals surface area contributed by atoms with Crippen LogP contribution in [0.15, 0.2) is 24.3 Å². The number of carbonyl (C=O) groups excluding carboxylic acids is 1. The number of fused-ring (bicyclic) bond motifs is 1. The van der Waals surface area contributed by atoms with Crippen molar-refractivity contribution in [1.29, 1.82) is 0 Å². The minimum absolute atomic E-state index is 0.191. The minimum atomic E-state index is -0.191. The SMILES string of the molecule is CCCCCCOC(=O)N1CCCc2ccccc21. The lowest BCUT2D eigenvalue weighted by molar-refractivity contribution is 0.150. The molecule has 0 saturated heterocycles. The molecule has 1 aromatic rings. The minimum Gasteiger partial charge on any atom is -0.449 e. The summed E-state index contributed by atoms with van der Waals surface area (Å²) in [6.45, 7) is 3.49. The molecule has 0 atom stereocenters. The van der Waals surface area contributed by atoms with Gasteiger partial charge in [-0.2, -0.15) is 0 Å². The summed E-state index contributed by atoms with van der Waals surface area (Å²) in [5, 5.41) is 0. The average molecular weight is 261 g/mol. The molecule has 104 valence electrons. The third-order valence-electron chi connectivity index (χ3n) is 3.55. The first-order valence-corrected chi connectivity index (χ1v) is 7.35. The normalized spacial score (nSPS) is 14.1. The molecule has 0 N–H and O–H groups in total. The van der Waals surface area contributed by atoms with E-state index in [4.69, 9.17) is 4.74 Å². The van der Waals surface area contributed by atoms with E-state index in [1.54, 1.807) is 4.90 Å². The summed E-state index contributed by atoms with van der Waals surface area (Å²) in [7, 11) is 0. The van der Waals surface area contributed by atoms with Gasteiger partial charge in [0.2, 0.25) is 0 Å². The zero-order valence-corrected chi connectivity index (χ0v) is 11.7. The van der Waals surface area contributed by atoms with Crippen molar-refractivity contribution < 1.29 is 9.53 Å². The first-order valence-electron chi connectivity index (χ1n) is 7.35. The molecular formula is C16H23NO2. The van der Waals surface area contributed by atoms with Gasteiger partial charge < -0.3 is 4.74 Å². The number of nitrogens with zero attached hydrogens (tertiary/aromatic N) is 1. The Morgan fingerprint density at radius 1 is 1.26 bits per heavy atom. The molecule has 0 spiro atoms. The fraction of sp³-hybridized carbons (Fsp3) is 0.562. The fourth-order valence-corrected chi connectivity index (χ4v) is 2.49. The van der Waals surface area contributed by atoms with Crippen LogP contribution in [0.25, 0.3) is 0 Å². The largest absolute Gasteiger partial charge is 0.449 e. The Balaban J connectivity index is 1.86. The molecule has 0 saturated carbocycles. The van der Waals surface area contributed by atoms with Gasteiger partial charge in [0.1, 0.15) is 0 Å². The smallest absolute Gasteiger partial charge is 0.414 e. The van der Waals surface area contributed by atoms with Crippen LogP contribution in [0.4, 0.5) is 10.5 Å². The summed E-state index contributed by atoms with van der Waals surface area (Å²) in [6, 6.07) is 8.10. The van der Waals surface area contributed by atoms with Gasteiger partial charge in [-0.3, -0.25) is 4.90 Å². The molecule has 0 aliphatic carbocycles. The van der Waals surface area contributed by atoms with Gasteiger partial charge in [-0.25, -0.2) is 4.79 Å². The van der Waals surface area contributed by atoms with Crippen molar-refractivity contribution in [3.8, 4) is 0 Å². The van der Waals surface area contributed by atoms with Gasteiger partial charge in [-0.15, -0.1) is 0 Å². The lowest BCUT2D eigenvalue weighted by atomic mass is 10.0. The van der Waals surface area contributed by atoms with Gasteiger partial charge in [0, 0.05) is 6.54 Å². The van der Waals surface area contributed by atoms with Crippen LogP contribution in [0.5, 0.6) is 0 Å². The van der Waals surface area contributed by atoms with Gasteiger partial charge in [0.05, 0.1) is 12.3 Å². The number of hydrogen-bond donors (Lipinski definition) is 0. The van der Waals surface area contributed by atoms with E-state index in [9.17, 15) is 4.79 Å². The highest BCUT2D eigenvalue weighted by Crippen LogP contribution is 2.27. The van der Waals surface area contributed by atoms with Gasteiger partial charge in [0.25, 0.3) is 0 Å². The number of hydrogen-bond acceptors (Lipinski definition) is 2. The predicted molar refractivity (Wildman–Crippen MR) is 77.6 cm³/mol. The molecule has 1 heterocycles. The van der Waals surface area contributed by atoms with E-state index in [1.165, 1.54) is 18.4 Å². The topological polar surface area (TPSA) is 29.5 Å². The molecule has 1 aliphatic rings. The van der Waals surface area contributed by atoms with Gasteiger partial charge in [-0.1, -0.05) is 44.4 Å². The molecule has 0 fully saturated rings. The Morgan fingerprint density at radius 3 is 2.95 bits per heavy atom. The molecule has 19 heavy (non-hydrogen) atoms. The second-order valence-electron chi connectivity index (χ2n) is 5.06. The molecule has 1 amide bonds. The van der Waals surface area contributed by atoms with Crippen LogP contribution in [0.3, 0.4) is 0 Å². The molecular weight excluding hydrogens is 238 g/mol. The number of rotatable bonds is 5. The Kier molecular flexibility index (Phi) is 5.25. The van der Waals surface area contributed by atoms with Crippen molar-refractivity contribution in [2.75, 3.05) is 18.1 Å². The van der Waals surface area contributed by atoms with E-state index in [0.29, 0.717) is 6.61 Å². The summed E-state index contributed by atoms with van der Waals surface area (Å²) >= 11 is 0. The summed E-state index contributed by atoms with van der Waals surface area (Å²) in [5.41, 5.74) is 2.27.